The molecule has 9 aromatic carbocycles. The fraction of sp³-hybridized carbons (Fsp3) is 0. The quantitative estimate of drug-likeness (QED) is 0.171. The van der Waals surface area contributed by atoms with E-state index in [4.69, 9.17) is 0 Å². The molecule has 4 nitrogen and oxygen atoms in total. The Hall–Kier alpha value is -7.82. The molecule has 0 spiro atoms. The van der Waals surface area contributed by atoms with Gasteiger partial charge < -0.3 is 18.3 Å². The highest BCUT2D eigenvalue weighted by atomic mass is 15.0. The summed E-state index contributed by atoms with van der Waals surface area (Å²) in [6.07, 6.45) is 0. The molecule has 4 heteroatoms. The molecule has 0 aliphatic rings. The smallest absolute Gasteiger partial charge is 0.0561 e. The molecule has 0 saturated heterocycles. The van der Waals surface area contributed by atoms with Crippen molar-refractivity contribution in [2.75, 3.05) is 0 Å². The van der Waals surface area contributed by atoms with Crippen molar-refractivity contribution in [3.05, 3.63) is 206 Å². The average molecular weight is 739 g/mol. The van der Waals surface area contributed by atoms with Gasteiger partial charge in [0.15, 0.2) is 0 Å². The zero-order valence-corrected chi connectivity index (χ0v) is 31.4. The maximum atomic E-state index is 2.44. The van der Waals surface area contributed by atoms with E-state index in [9.17, 15) is 0 Å². The average Bonchev–Trinajstić information content (AvgIpc) is 4.01. The molecule has 4 heterocycles. The van der Waals surface area contributed by atoms with Gasteiger partial charge in [-0.05, 0) is 84.9 Å². The van der Waals surface area contributed by atoms with Crippen LogP contribution in [0, 0.1) is 0 Å². The van der Waals surface area contributed by atoms with Crippen LogP contribution < -0.4 is 0 Å². The van der Waals surface area contributed by atoms with Crippen LogP contribution in [-0.2, 0) is 0 Å². The summed E-state index contributed by atoms with van der Waals surface area (Å²) in [7, 11) is 0. The van der Waals surface area contributed by atoms with E-state index in [1.807, 2.05) is 0 Å². The number of nitrogens with zero attached hydrogens (tertiary/aromatic N) is 4. The Morgan fingerprint density at radius 1 is 0.172 bits per heavy atom. The van der Waals surface area contributed by atoms with E-state index in [0.717, 1.165) is 22.7 Å². The molecule has 13 aromatic rings. The first-order valence-corrected chi connectivity index (χ1v) is 19.9. The highest BCUT2D eigenvalue weighted by molar-refractivity contribution is 6.14. The fourth-order valence-electron chi connectivity index (χ4n) is 9.93. The van der Waals surface area contributed by atoms with Crippen LogP contribution in [0.2, 0.25) is 0 Å². The van der Waals surface area contributed by atoms with E-state index in [2.05, 4.69) is 225 Å². The Morgan fingerprint density at radius 2 is 0.466 bits per heavy atom. The molecule has 0 fully saturated rings. The zero-order valence-electron chi connectivity index (χ0n) is 31.4. The van der Waals surface area contributed by atoms with Crippen molar-refractivity contribution >= 4 is 87.2 Å². The number of fused-ring (bicyclic) bond motifs is 12. The van der Waals surface area contributed by atoms with Gasteiger partial charge in [-0.15, -0.1) is 0 Å². The second kappa shape index (κ2) is 11.8. The first-order valence-electron chi connectivity index (χ1n) is 19.9. The van der Waals surface area contributed by atoms with E-state index in [0.29, 0.717) is 0 Å². The van der Waals surface area contributed by atoms with Gasteiger partial charge in [0.05, 0.1) is 44.1 Å². The van der Waals surface area contributed by atoms with E-state index in [-0.39, 0.29) is 0 Å². The molecular formula is C54H34N4. The van der Waals surface area contributed by atoms with Gasteiger partial charge in [-0.3, -0.25) is 0 Å². The highest BCUT2D eigenvalue weighted by Crippen LogP contribution is 2.40. The van der Waals surface area contributed by atoms with Crippen LogP contribution in [-0.4, -0.2) is 18.3 Å². The molecular weight excluding hydrogens is 705 g/mol. The van der Waals surface area contributed by atoms with Crippen LogP contribution >= 0.6 is 0 Å². The summed E-state index contributed by atoms with van der Waals surface area (Å²) in [5.74, 6) is 0. The van der Waals surface area contributed by atoms with Crippen LogP contribution in [0.25, 0.3) is 110 Å². The number of hydrogen-bond acceptors (Lipinski definition) is 0. The monoisotopic (exact) mass is 738 g/mol. The van der Waals surface area contributed by atoms with Gasteiger partial charge in [0.25, 0.3) is 0 Å². The highest BCUT2D eigenvalue weighted by Gasteiger charge is 2.19. The summed E-state index contributed by atoms with van der Waals surface area (Å²) in [6.45, 7) is 0. The number of aromatic nitrogens is 4. The molecule has 4 aromatic heterocycles. The van der Waals surface area contributed by atoms with E-state index in [1.165, 1.54) is 87.2 Å². The summed E-state index contributed by atoms with van der Waals surface area (Å²) >= 11 is 0. The molecule has 0 aliphatic carbocycles. The number of para-hydroxylation sites is 6. The molecule has 0 unspecified atom stereocenters. The van der Waals surface area contributed by atoms with Crippen molar-refractivity contribution in [3.63, 3.8) is 0 Å². The first-order chi connectivity index (χ1) is 28.8. The topological polar surface area (TPSA) is 19.7 Å². The SMILES string of the molecule is c1cc(-n2c3ccccc3c3ccccc32)cc(-n2c3ccccc3c3ccc(-n4c5ccccc5c5cc(-n6c7ccccc7c7ccccc76)ccc54)cc32)c1. The maximum Gasteiger partial charge on any atom is 0.0561 e. The molecule has 0 amide bonds. The van der Waals surface area contributed by atoms with Crippen molar-refractivity contribution in [2.45, 2.75) is 0 Å². The Balaban J connectivity index is 1.03. The van der Waals surface area contributed by atoms with Crippen molar-refractivity contribution < 1.29 is 0 Å². The summed E-state index contributed by atoms with van der Waals surface area (Å²) < 4.78 is 9.70. The van der Waals surface area contributed by atoms with Crippen molar-refractivity contribution in [3.8, 4) is 22.7 Å². The lowest BCUT2D eigenvalue weighted by molar-refractivity contribution is 1.13. The zero-order chi connectivity index (χ0) is 37.9. The van der Waals surface area contributed by atoms with Gasteiger partial charge in [-0.25, -0.2) is 0 Å². The predicted octanol–water partition coefficient (Wildman–Crippen LogP) is 14.1. The second-order valence-electron chi connectivity index (χ2n) is 15.4. The van der Waals surface area contributed by atoms with Gasteiger partial charge in [-0.2, -0.15) is 0 Å². The molecule has 0 aliphatic heterocycles. The van der Waals surface area contributed by atoms with Crippen LogP contribution in [0.15, 0.2) is 206 Å². The predicted molar refractivity (Wildman–Crippen MR) is 244 cm³/mol. The summed E-state index contributed by atoms with van der Waals surface area (Å²) in [4.78, 5) is 0. The minimum Gasteiger partial charge on any atom is -0.309 e. The minimum absolute atomic E-state index is 1.13. The third-order valence-corrected chi connectivity index (χ3v) is 12.3. The van der Waals surface area contributed by atoms with E-state index >= 15 is 0 Å². The Bertz CT molecular complexity index is 3700. The van der Waals surface area contributed by atoms with Crippen LogP contribution in [0.4, 0.5) is 0 Å². The second-order valence-corrected chi connectivity index (χ2v) is 15.4. The van der Waals surface area contributed by atoms with Gasteiger partial charge in [0, 0.05) is 65.8 Å². The molecule has 270 valence electrons. The molecule has 0 saturated carbocycles. The summed E-state index contributed by atoms with van der Waals surface area (Å²) in [5.41, 5.74) is 14.1. The van der Waals surface area contributed by atoms with Crippen molar-refractivity contribution in [2.24, 2.45) is 0 Å². The molecule has 0 bridgehead atoms. The van der Waals surface area contributed by atoms with Crippen LogP contribution in [0.5, 0.6) is 0 Å². The Morgan fingerprint density at radius 3 is 0.897 bits per heavy atom. The van der Waals surface area contributed by atoms with Gasteiger partial charge >= 0.3 is 0 Å². The third-order valence-electron chi connectivity index (χ3n) is 12.3. The fourth-order valence-corrected chi connectivity index (χ4v) is 9.93. The molecule has 0 radical (unpaired) electrons. The lowest BCUT2D eigenvalue weighted by Crippen LogP contribution is -1.99. The first kappa shape index (κ1) is 31.4. The molecule has 58 heavy (non-hydrogen) atoms. The summed E-state index contributed by atoms with van der Waals surface area (Å²) in [5, 5.41) is 10.0. The van der Waals surface area contributed by atoms with E-state index < -0.39 is 0 Å². The van der Waals surface area contributed by atoms with Crippen LogP contribution in [0.1, 0.15) is 0 Å². The number of benzene rings is 9. The summed E-state index contributed by atoms with van der Waals surface area (Å²) in [6, 6.07) is 75.5. The molecule has 0 atom stereocenters. The third kappa shape index (κ3) is 4.29. The van der Waals surface area contributed by atoms with Crippen molar-refractivity contribution in [1.29, 1.82) is 0 Å². The normalized spacial score (nSPS) is 12.1. The van der Waals surface area contributed by atoms with Crippen LogP contribution in [0.3, 0.4) is 0 Å². The van der Waals surface area contributed by atoms with Gasteiger partial charge in [0.1, 0.15) is 0 Å². The minimum atomic E-state index is 1.13. The van der Waals surface area contributed by atoms with Crippen molar-refractivity contribution in [1.82, 2.24) is 18.3 Å². The standard InChI is InChI=1S/C54H34N4/c1-7-22-47-39(16-1)40-17-2-8-23-48(40)55(47)35-14-13-15-36(32-35)58-51-26-11-5-20-43(51)45-30-28-38(34-54(45)58)57-52-27-12-6-21-44(52)46-33-37(29-31-53(46)57)56-49-24-9-3-18-41(49)42-19-4-10-25-50(42)56/h1-34H. The Kier molecular flexibility index (Phi) is 6.41. The Labute approximate surface area is 333 Å². The van der Waals surface area contributed by atoms with Gasteiger partial charge in [-0.1, -0.05) is 121 Å². The number of hydrogen-bond donors (Lipinski definition) is 0. The largest absolute Gasteiger partial charge is 0.309 e. The molecule has 0 N–H and O–H groups in total. The van der Waals surface area contributed by atoms with E-state index in [1.54, 1.807) is 0 Å². The lowest BCUT2D eigenvalue weighted by Gasteiger charge is -2.14. The lowest BCUT2D eigenvalue weighted by atomic mass is 10.1. The molecule has 13 rings (SSSR count). The maximum absolute atomic E-state index is 2.44. The number of rotatable bonds is 4. The van der Waals surface area contributed by atoms with Gasteiger partial charge in [0.2, 0.25) is 0 Å².